The van der Waals surface area contributed by atoms with E-state index in [2.05, 4.69) is 46.3 Å². The van der Waals surface area contributed by atoms with E-state index in [-0.39, 0.29) is 17.3 Å². The van der Waals surface area contributed by atoms with Crippen LogP contribution in [0.4, 0.5) is 5.69 Å². The lowest BCUT2D eigenvalue weighted by Crippen LogP contribution is -2.50. The number of amides is 1. The highest BCUT2D eigenvalue weighted by Gasteiger charge is 2.27. The summed E-state index contributed by atoms with van der Waals surface area (Å²) in [6.07, 6.45) is 2.10. The van der Waals surface area contributed by atoms with E-state index in [9.17, 15) is 13.2 Å². The number of benzene rings is 2. The normalized spacial score (nSPS) is 18.5. The number of piperazine rings is 1. The van der Waals surface area contributed by atoms with Crippen LogP contribution in [0.2, 0.25) is 0 Å². The lowest BCUT2D eigenvalue weighted by atomic mass is 10.1. The molecule has 9 heteroatoms. The maximum Gasteiger partial charge on any atom is 0.246 e. The van der Waals surface area contributed by atoms with E-state index in [0.717, 1.165) is 43.9 Å². The zero-order valence-corrected chi connectivity index (χ0v) is 22.1. The number of anilines is 1. The maximum absolute atomic E-state index is 13.1. The lowest BCUT2D eigenvalue weighted by molar-refractivity contribution is -0.117. The van der Waals surface area contributed by atoms with Crippen LogP contribution < -0.4 is 10.2 Å². The molecule has 8 nitrogen and oxygen atoms in total. The minimum atomic E-state index is -3.61. The molecule has 4 rings (SSSR count). The average molecular weight is 513 g/mol. The number of nitrogens with one attached hydrogen (secondary N) is 1. The molecule has 2 aliphatic heterocycles. The zero-order valence-electron chi connectivity index (χ0n) is 21.3. The predicted octanol–water partition coefficient (Wildman–Crippen LogP) is 2.58. The van der Waals surface area contributed by atoms with Gasteiger partial charge in [-0.1, -0.05) is 30.3 Å². The molecule has 36 heavy (non-hydrogen) atoms. The van der Waals surface area contributed by atoms with Crippen LogP contribution in [-0.2, 0) is 19.6 Å². The molecule has 0 radical (unpaired) electrons. The van der Waals surface area contributed by atoms with E-state index in [1.54, 1.807) is 32.4 Å². The Balaban J connectivity index is 1.38. The summed E-state index contributed by atoms with van der Waals surface area (Å²) in [5, 5.41) is 2.59. The van der Waals surface area contributed by atoms with Crippen LogP contribution in [0.5, 0.6) is 0 Å². The molecule has 194 valence electrons. The Morgan fingerprint density at radius 1 is 0.972 bits per heavy atom. The molecule has 2 aromatic carbocycles. The smallest absolute Gasteiger partial charge is 0.246 e. The van der Waals surface area contributed by atoms with Gasteiger partial charge in [-0.15, -0.1) is 0 Å². The van der Waals surface area contributed by atoms with E-state index in [1.165, 1.54) is 9.99 Å². The number of likely N-dealkylation sites (N-methyl/N-ethyl adjacent to an activating group) is 1. The molecule has 0 aromatic heterocycles. The van der Waals surface area contributed by atoms with Crippen molar-refractivity contribution in [3.8, 4) is 11.1 Å². The van der Waals surface area contributed by atoms with Crippen LogP contribution in [0.25, 0.3) is 11.1 Å². The predicted molar refractivity (Wildman–Crippen MR) is 143 cm³/mol. The Morgan fingerprint density at radius 3 is 2.11 bits per heavy atom. The second-order valence-electron chi connectivity index (χ2n) is 9.32. The molecule has 0 bridgehead atoms. The summed E-state index contributed by atoms with van der Waals surface area (Å²) in [5.74, 6) is -0.152. The summed E-state index contributed by atoms with van der Waals surface area (Å²) in [6, 6.07) is 15.9. The quantitative estimate of drug-likeness (QED) is 0.586. The van der Waals surface area contributed by atoms with Crippen LogP contribution in [0, 0.1) is 0 Å². The summed E-state index contributed by atoms with van der Waals surface area (Å²) < 4.78 is 32.9. The first kappa shape index (κ1) is 26.3. The highest BCUT2D eigenvalue weighted by Crippen LogP contribution is 2.27. The van der Waals surface area contributed by atoms with Crippen molar-refractivity contribution in [3.05, 3.63) is 60.2 Å². The molecular formula is C27H36N4O4S. The van der Waals surface area contributed by atoms with Gasteiger partial charge in [-0.25, -0.2) is 8.42 Å². The molecule has 2 aromatic rings. The molecule has 1 saturated heterocycles. The summed E-state index contributed by atoms with van der Waals surface area (Å²) >= 11 is 0. The molecular weight excluding hydrogens is 476 g/mol. The topological polar surface area (TPSA) is 82.2 Å². The Kier molecular flexibility index (Phi) is 8.46. The molecule has 0 spiro atoms. The second kappa shape index (κ2) is 11.6. The van der Waals surface area contributed by atoms with Gasteiger partial charge in [0.15, 0.2) is 0 Å². The summed E-state index contributed by atoms with van der Waals surface area (Å²) in [5.41, 5.74) is 3.85. The number of rotatable bonds is 8. The number of ether oxygens (including phenoxy) is 1. The number of hydrogen-bond donors (Lipinski definition) is 1. The molecule has 2 aliphatic rings. The largest absolute Gasteiger partial charge is 0.383 e. The fourth-order valence-electron chi connectivity index (χ4n) is 4.84. The van der Waals surface area contributed by atoms with Gasteiger partial charge in [0.05, 0.1) is 11.5 Å². The van der Waals surface area contributed by atoms with Crippen molar-refractivity contribution >= 4 is 21.6 Å². The van der Waals surface area contributed by atoms with Crippen LogP contribution in [0.3, 0.4) is 0 Å². The fourth-order valence-corrected chi connectivity index (χ4v) is 6.22. The van der Waals surface area contributed by atoms with Gasteiger partial charge in [0.25, 0.3) is 0 Å². The summed E-state index contributed by atoms with van der Waals surface area (Å²) in [4.78, 5) is 16.9. The molecule has 2 heterocycles. The highest BCUT2D eigenvalue weighted by atomic mass is 32.2. The molecule has 0 saturated carbocycles. The van der Waals surface area contributed by atoms with E-state index in [1.807, 2.05) is 12.1 Å². The Hall–Kier alpha value is -2.72. The number of carbonyl (C=O) groups is 1. The number of methoxy groups -OCH3 is 1. The van der Waals surface area contributed by atoms with Crippen molar-refractivity contribution in [2.75, 3.05) is 64.9 Å². The third-order valence-corrected chi connectivity index (χ3v) is 8.97. The van der Waals surface area contributed by atoms with Crippen LogP contribution in [0.15, 0.2) is 65.1 Å². The van der Waals surface area contributed by atoms with Gasteiger partial charge in [-0.2, -0.15) is 4.31 Å². The van der Waals surface area contributed by atoms with Crippen molar-refractivity contribution < 1.29 is 17.9 Å². The first-order valence-corrected chi connectivity index (χ1v) is 13.9. The summed E-state index contributed by atoms with van der Waals surface area (Å²) in [7, 11) is -0.289. The monoisotopic (exact) mass is 512 g/mol. The molecule has 0 aliphatic carbocycles. The van der Waals surface area contributed by atoms with Gasteiger partial charge >= 0.3 is 0 Å². The molecule has 1 amide bonds. The first-order valence-electron chi connectivity index (χ1n) is 12.4. The number of sulfonamides is 1. The van der Waals surface area contributed by atoms with Crippen molar-refractivity contribution in [3.63, 3.8) is 0 Å². The minimum Gasteiger partial charge on any atom is -0.383 e. The Bertz CT molecular complexity index is 1170. The van der Waals surface area contributed by atoms with E-state index in [0.29, 0.717) is 24.6 Å². The first-order chi connectivity index (χ1) is 17.3. The molecule has 1 N–H and O–H groups in total. The van der Waals surface area contributed by atoms with Gasteiger partial charge in [0.2, 0.25) is 15.9 Å². The van der Waals surface area contributed by atoms with Gasteiger partial charge < -0.3 is 15.0 Å². The van der Waals surface area contributed by atoms with E-state index >= 15 is 0 Å². The zero-order chi connectivity index (χ0) is 25.7. The highest BCUT2D eigenvalue weighted by molar-refractivity contribution is 7.89. The van der Waals surface area contributed by atoms with Crippen LogP contribution in [-0.4, -0.2) is 89.6 Å². The van der Waals surface area contributed by atoms with E-state index < -0.39 is 10.0 Å². The maximum atomic E-state index is 13.1. The van der Waals surface area contributed by atoms with Crippen molar-refractivity contribution in [1.29, 1.82) is 0 Å². The van der Waals surface area contributed by atoms with E-state index in [4.69, 9.17) is 4.74 Å². The number of nitrogens with zero attached hydrogens (tertiary/aromatic N) is 3. The third-order valence-electron chi connectivity index (χ3n) is 7.09. The summed E-state index contributed by atoms with van der Waals surface area (Å²) in [6.45, 7) is 7.45. The van der Waals surface area contributed by atoms with Gasteiger partial charge in [0.1, 0.15) is 0 Å². The van der Waals surface area contributed by atoms with Crippen LogP contribution >= 0.6 is 0 Å². The van der Waals surface area contributed by atoms with Crippen molar-refractivity contribution in [1.82, 2.24) is 14.5 Å². The molecule has 1 atom stereocenters. The third kappa shape index (κ3) is 5.81. The standard InChI is InChI=1S/C27H36N4O4S/c1-21(20-35-3)29-16-18-30(19-17-29)25-8-4-22(5-9-25)23-6-10-26(11-7-23)36(33,34)31-14-12-24(13-15-31)27(32)28-2/h4-12,21H,13-20H2,1-3H3,(H,28,32). The molecule has 1 fully saturated rings. The fraction of sp³-hybridized carbons (Fsp3) is 0.444. The second-order valence-corrected chi connectivity index (χ2v) is 11.3. The average Bonchev–Trinajstić information content (AvgIpc) is 2.93. The van der Waals surface area contributed by atoms with Gasteiger partial charge in [-0.05, 0) is 48.7 Å². The lowest BCUT2D eigenvalue weighted by Gasteiger charge is -2.39. The van der Waals surface area contributed by atoms with Gasteiger partial charge in [0, 0.05) is 70.7 Å². The van der Waals surface area contributed by atoms with Crippen LogP contribution in [0.1, 0.15) is 13.3 Å². The Morgan fingerprint density at radius 2 is 1.58 bits per heavy atom. The minimum absolute atomic E-state index is 0.152. The number of hydrogen-bond acceptors (Lipinski definition) is 6. The van der Waals surface area contributed by atoms with Crippen molar-refractivity contribution in [2.45, 2.75) is 24.3 Å². The SMILES string of the molecule is CNC(=O)C1=CCN(S(=O)(=O)c2ccc(-c3ccc(N4CCN(C(C)COC)CC4)cc3)cc2)CC1. The Labute approximate surface area is 214 Å². The number of carbonyl (C=O) groups excluding carboxylic acids is 1. The van der Waals surface area contributed by atoms with Crippen molar-refractivity contribution in [2.24, 2.45) is 0 Å². The molecule has 1 unspecified atom stereocenters. The van der Waals surface area contributed by atoms with Gasteiger partial charge in [-0.3, -0.25) is 9.69 Å².